The number of likely N-dealkylation sites (tertiary alicyclic amines) is 2. The molecule has 0 aliphatic carbocycles. The summed E-state index contributed by atoms with van der Waals surface area (Å²) in [5.74, 6) is 1.17. The molecule has 1 aromatic heterocycles. The molecule has 0 spiro atoms. The molecule has 3 aliphatic rings. The molecule has 4 rings (SSSR count). The average molecular weight is 332 g/mol. The van der Waals surface area contributed by atoms with E-state index < -0.39 is 0 Å². The summed E-state index contributed by atoms with van der Waals surface area (Å²) >= 11 is 0. The lowest BCUT2D eigenvalue weighted by Gasteiger charge is -2.42. The molecule has 0 aromatic carbocycles. The summed E-state index contributed by atoms with van der Waals surface area (Å²) in [5.41, 5.74) is 1.18. The van der Waals surface area contributed by atoms with Crippen molar-refractivity contribution in [2.24, 2.45) is 11.8 Å². The van der Waals surface area contributed by atoms with Gasteiger partial charge in [0, 0.05) is 44.4 Å². The molecule has 3 atom stereocenters. The Morgan fingerprint density at radius 1 is 1.29 bits per heavy atom. The summed E-state index contributed by atoms with van der Waals surface area (Å²) in [6.07, 6.45) is 7.98. The molecule has 5 heteroatoms. The molecule has 0 unspecified atom stereocenters. The molecule has 0 saturated carbocycles. The van der Waals surface area contributed by atoms with E-state index >= 15 is 0 Å². The maximum absolute atomic E-state index is 13.0. The van der Waals surface area contributed by atoms with Gasteiger partial charge in [0.2, 0.25) is 5.91 Å². The fraction of sp³-hybridized carbons (Fsp3) is 0.737. The highest BCUT2D eigenvalue weighted by molar-refractivity contribution is 5.79. The van der Waals surface area contributed by atoms with Crippen molar-refractivity contribution in [2.45, 2.75) is 51.3 Å². The van der Waals surface area contributed by atoms with E-state index in [1.165, 1.54) is 5.56 Å². The van der Waals surface area contributed by atoms with E-state index in [-0.39, 0.29) is 12.0 Å². The van der Waals surface area contributed by atoms with Crippen LogP contribution in [0.25, 0.3) is 0 Å². The molecule has 1 amide bonds. The number of carbonyl (C=O) groups is 1. The number of nitrogens with zero attached hydrogens (tertiary/aromatic N) is 2. The van der Waals surface area contributed by atoms with Crippen molar-refractivity contribution >= 4 is 5.91 Å². The van der Waals surface area contributed by atoms with Gasteiger partial charge in [0.05, 0.1) is 24.5 Å². The summed E-state index contributed by atoms with van der Waals surface area (Å²) in [4.78, 5) is 17.6. The van der Waals surface area contributed by atoms with Crippen LogP contribution in [-0.4, -0.2) is 54.1 Å². The van der Waals surface area contributed by atoms with Crippen LogP contribution in [0.15, 0.2) is 23.0 Å². The topological polar surface area (TPSA) is 45.9 Å². The number of fused-ring (bicyclic) bond motifs is 1. The Balaban J connectivity index is 1.44. The zero-order valence-corrected chi connectivity index (χ0v) is 14.5. The van der Waals surface area contributed by atoms with Gasteiger partial charge in [-0.2, -0.15) is 0 Å². The Morgan fingerprint density at radius 2 is 2.12 bits per heavy atom. The number of hydrogen-bond donors (Lipinski definition) is 0. The van der Waals surface area contributed by atoms with E-state index in [1.807, 2.05) is 12.3 Å². The van der Waals surface area contributed by atoms with Gasteiger partial charge in [-0.05, 0) is 37.7 Å². The summed E-state index contributed by atoms with van der Waals surface area (Å²) in [7, 11) is 0. The van der Waals surface area contributed by atoms with Crippen molar-refractivity contribution < 1.29 is 13.9 Å². The molecule has 3 fully saturated rings. The van der Waals surface area contributed by atoms with Gasteiger partial charge >= 0.3 is 0 Å². The third kappa shape index (κ3) is 3.24. The van der Waals surface area contributed by atoms with Crippen molar-refractivity contribution in [1.82, 2.24) is 9.80 Å². The number of carbonyl (C=O) groups excluding carboxylic acids is 1. The lowest BCUT2D eigenvalue weighted by atomic mass is 9.88. The molecular formula is C19H28N2O3. The third-order valence-electron chi connectivity index (χ3n) is 6.03. The number of rotatable bonds is 3. The van der Waals surface area contributed by atoms with Crippen LogP contribution in [0.2, 0.25) is 0 Å². The minimum Gasteiger partial charge on any atom is -0.472 e. The van der Waals surface area contributed by atoms with Gasteiger partial charge in [-0.3, -0.25) is 9.69 Å². The smallest absolute Gasteiger partial charge is 0.227 e. The van der Waals surface area contributed by atoms with E-state index in [9.17, 15) is 4.79 Å². The molecule has 4 heterocycles. The molecule has 132 valence electrons. The number of amides is 1. The molecule has 0 bridgehead atoms. The number of furan rings is 1. The highest BCUT2D eigenvalue weighted by atomic mass is 16.5. The summed E-state index contributed by atoms with van der Waals surface area (Å²) < 4.78 is 11.2. The highest BCUT2D eigenvalue weighted by Gasteiger charge is 2.43. The van der Waals surface area contributed by atoms with Crippen molar-refractivity contribution in [1.29, 1.82) is 0 Å². The summed E-state index contributed by atoms with van der Waals surface area (Å²) in [5, 5.41) is 0. The van der Waals surface area contributed by atoms with Crippen molar-refractivity contribution in [2.75, 3.05) is 26.2 Å². The fourth-order valence-corrected chi connectivity index (χ4v) is 4.52. The molecule has 1 aromatic rings. The maximum atomic E-state index is 13.0. The standard InChI is InChI=1S/C19H28N2O3/c1-14-2-6-20(7-3-14)19(22)16-10-18-17(5-9-24-18)21(12-16)11-15-4-8-23-13-15/h4,8,13-14,16-18H,2-3,5-7,9-12H2,1H3/t16-,17-,18-/m1/s1. The van der Waals surface area contributed by atoms with Crippen LogP contribution < -0.4 is 0 Å². The quantitative estimate of drug-likeness (QED) is 0.853. The summed E-state index contributed by atoms with van der Waals surface area (Å²) in [6.45, 7) is 6.65. The van der Waals surface area contributed by atoms with Gasteiger partial charge in [-0.25, -0.2) is 0 Å². The zero-order valence-electron chi connectivity index (χ0n) is 14.5. The van der Waals surface area contributed by atoms with Crippen LogP contribution in [0.3, 0.4) is 0 Å². The number of piperidine rings is 2. The first kappa shape index (κ1) is 16.2. The second-order valence-electron chi connectivity index (χ2n) is 7.77. The van der Waals surface area contributed by atoms with Crippen LogP contribution in [-0.2, 0) is 16.1 Å². The van der Waals surface area contributed by atoms with Crippen LogP contribution in [0.4, 0.5) is 0 Å². The Morgan fingerprint density at radius 3 is 2.88 bits per heavy atom. The third-order valence-corrected chi connectivity index (χ3v) is 6.03. The van der Waals surface area contributed by atoms with Gasteiger partial charge in [0.1, 0.15) is 0 Å². The van der Waals surface area contributed by atoms with Gasteiger partial charge in [0.25, 0.3) is 0 Å². The molecule has 0 N–H and O–H groups in total. The second kappa shape index (κ2) is 6.89. The van der Waals surface area contributed by atoms with E-state index in [0.29, 0.717) is 11.9 Å². The first-order valence-electron chi connectivity index (χ1n) is 9.36. The monoisotopic (exact) mass is 332 g/mol. The van der Waals surface area contributed by atoms with E-state index in [2.05, 4.69) is 16.7 Å². The highest BCUT2D eigenvalue weighted by Crippen LogP contribution is 2.33. The Bertz CT molecular complexity index is 551. The van der Waals surface area contributed by atoms with Crippen LogP contribution >= 0.6 is 0 Å². The minimum absolute atomic E-state index is 0.0738. The molecule has 24 heavy (non-hydrogen) atoms. The van der Waals surface area contributed by atoms with Crippen molar-refractivity contribution in [3.63, 3.8) is 0 Å². The molecule has 3 saturated heterocycles. The van der Waals surface area contributed by atoms with Crippen LogP contribution in [0.5, 0.6) is 0 Å². The molecule has 0 radical (unpaired) electrons. The molecule has 5 nitrogen and oxygen atoms in total. The minimum atomic E-state index is 0.0738. The number of hydrogen-bond acceptors (Lipinski definition) is 4. The Kier molecular flexibility index (Phi) is 4.63. The first-order valence-corrected chi connectivity index (χ1v) is 9.36. The molecule has 3 aliphatic heterocycles. The Hall–Kier alpha value is -1.33. The number of ether oxygens (including phenoxy) is 1. The summed E-state index contributed by atoms with van der Waals surface area (Å²) in [6, 6.07) is 2.47. The Labute approximate surface area is 143 Å². The normalized spacial score (nSPS) is 32.0. The molecular weight excluding hydrogens is 304 g/mol. The van der Waals surface area contributed by atoms with Crippen LogP contribution in [0.1, 0.15) is 38.2 Å². The van der Waals surface area contributed by atoms with Gasteiger partial charge in [-0.1, -0.05) is 6.92 Å². The van der Waals surface area contributed by atoms with Crippen molar-refractivity contribution in [3.8, 4) is 0 Å². The predicted octanol–water partition coefficient (Wildman–Crippen LogP) is 2.52. The second-order valence-corrected chi connectivity index (χ2v) is 7.77. The fourth-order valence-electron chi connectivity index (χ4n) is 4.52. The largest absolute Gasteiger partial charge is 0.472 e. The maximum Gasteiger partial charge on any atom is 0.227 e. The lowest BCUT2D eigenvalue weighted by Crippen LogP contribution is -2.53. The van der Waals surface area contributed by atoms with Gasteiger partial charge in [0.15, 0.2) is 0 Å². The van der Waals surface area contributed by atoms with E-state index in [0.717, 1.165) is 64.4 Å². The van der Waals surface area contributed by atoms with E-state index in [1.54, 1.807) is 6.26 Å². The van der Waals surface area contributed by atoms with Gasteiger partial charge in [-0.15, -0.1) is 0 Å². The SMILES string of the molecule is CC1CCN(C(=O)[C@@H]2C[C@H]3OCC[C@H]3N(Cc3ccoc3)C2)CC1. The van der Waals surface area contributed by atoms with Gasteiger partial charge < -0.3 is 14.1 Å². The lowest BCUT2D eigenvalue weighted by molar-refractivity contribution is -0.141. The predicted molar refractivity (Wildman–Crippen MR) is 90.3 cm³/mol. The first-order chi connectivity index (χ1) is 11.7. The average Bonchev–Trinajstić information content (AvgIpc) is 3.26. The zero-order chi connectivity index (χ0) is 16.5. The van der Waals surface area contributed by atoms with Crippen molar-refractivity contribution in [3.05, 3.63) is 24.2 Å². The van der Waals surface area contributed by atoms with Crippen LogP contribution in [0, 0.1) is 11.8 Å². The van der Waals surface area contributed by atoms with E-state index in [4.69, 9.17) is 9.15 Å².